The van der Waals surface area contributed by atoms with Crippen molar-refractivity contribution >= 4 is 11.9 Å². The second-order valence-corrected chi connectivity index (χ2v) is 5.06. The molecule has 2 unspecified atom stereocenters. The van der Waals surface area contributed by atoms with Crippen LogP contribution in [0.4, 0.5) is 0 Å². The highest BCUT2D eigenvalue weighted by molar-refractivity contribution is 5.84. The van der Waals surface area contributed by atoms with Gasteiger partial charge in [-0.2, -0.15) is 0 Å². The predicted octanol–water partition coefficient (Wildman–Crippen LogP) is 1.77. The number of fused-ring (bicyclic) bond motifs is 1. The summed E-state index contributed by atoms with van der Waals surface area (Å²) in [6.07, 6.45) is 5.59. The van der Waals surface area contributed by atoms with Crippen LogP contribution < -0.4 is 0 Å². The van der Waals surface area contributed by atoms with E-state index in [4.69, 9.17) is 9.47 Å². The maximum Gasteiger partial charge on any atom is 0.309 e. The summed E-state index contributed by atoms with van der Waals surface area (Å²) in [5.41, 5.74) is 0. The number of ether oxygens (including phenoxy) is 2. The number of hydrogen-bond acceptors (Lipinski definition) is 4. The van der Waals surface area contributed by atoms with E-state index >= 15 is 0 Å². The van der Waals surface area contributed by atoms with Crippen LogP contribution >= 0.6 is 0 Å². The van der Waals surface area contributed by atoms with Crippen LogP contribution in [-0.4, -0.2) is 26.2 Å². The van der Waals surface area contributed by atoms with Crippen LogP contribution in [0, 0.1) is 23.7 Å². The summed E-state index contributed by atoms with van der Waals surface area (Å²) in [4.78, 5) is 23.5. The van der Waals surface area contributed by atoms with Gasteiger partial charge in [-0.05, 0) is 24.7 Å². The smallest absolute Gasteiger partial charge is 0.309 e. The molecule has 4 nitrogen and oxygen atoms in total. The van der Waals surface area contributed by atoms with E-state index in [9.17, 15) is 9.59 Å². The zero-order valence-corrected chi connectivity index (χ0v) is 10.5. The molecule has 0 saturated heterocycles. The Balaban J connectivity index is 2.16. The second-order valence-electron chi connectivity index (χ2n) is 5.06. The van der Waals surface area contributed by atoms with Crippen LogP contribution in [0.1, 0.15) is 32.1 Å². The van der Waals surface area contributed by atoms with Crippen LogP contribution in [-0.2, 0) is 19.1 Å². The fraction of sp³-hybridized carbons (Fsp3) is 0.846. The molecule has 0 aromatic rings. The van der Waals surface area contributed by atoms with Crippen molar-refractivity contribution in [3.8, 4) is 0 Å². The summed E-state index contributed by atoms with van der Waals surface area (Å²) in [6.45, 7) is 0. The van der Waals surface area contributed by atoms with Gasteiger partial charge in [-0.3, -0.25) is 9.59 Å². The minimum atomic E-state index is -0.268. The SMILES string of the molecule is COC(=O)[C@@H]1C2CCCCCC2[C@@H]1C(=O)OC. The largest absolute Gasteiger partial charge is 0.469 e. The fourth-order valence-electron chi connectivity index (χ4n) is 3.56. The maximum atomic E-state index is 11.8. The average Bonchev–Trinajstić information content (AvgIpc) is 2.52. The van der Waals surface area contributed by atoms with Crippen LogP contribution in [0.25, 0.3) is 0 Å². The summed E-state index contributed by atoms with van der Waals surface area (Å²) in [6, 6.07) is 0. The average molecular weight is 240 g/mol. The first-order valence-corrected chi connectivity index (χ1v) is 6.36. The van der Waals surface area contributed by atoms with Gasteiger partial charge in [0.1, 0.15) is 0 Å². The molecule has 96 valence electrons. The third-order valence-electron chi connectivity index (χ3n) is 4.38. The Hall–Kier alpha value is -1.06. The minimum Gasteiger partial charge on any atom is -0.469 e. The van der Waals surface area contributed by atoms with Gasteiger partial charge in [-0.1, -0.05) is 19.3 Å². The van der Waals surface area contributed by atoms with Crippen molar-refractivity contribution in [1.29, 1.82) is 0 Å². The summed E-state index contributed by atoms with van der Waals surface area (Å²) in [5.74, 6) is -0.374. The molecule has 2 rings (SSSR count). The molecule has 2 fully saturated rings. The van der Waals surface area contributed by atoms with E-state index in [1.54, 1.807) is 0 Å². The highest BCUT2D eigenvalue weighted by atomic mass is 16.5. The van der Waals surface area contributed by atoms with E-state index in [1.807, 2.05) is 0 Å². The van der Waals surface area contributed by atoms with Crippen molar-refractivity contribution in [3.63, 3.8) is 0 Å². The quantitative estimate of drug-likeness (QED) is 0.690. The van der Waals surface area contributed by atoms with Crippen molar-refractivity contribution in [1.82, 2.24) is 0 Å². The topological polar surface area (TPSA) is 52.6 Å². The van der Waals surface area contributed by atoms with Crippen LogP contribution in [0.15, 0.2) is 0 Å². The van der Waals surface area contributed by atoms with E-state index in [-0.39, 0.29) is 23.8 Å². The van der Waals surface area contributed by atoms with E-state index in [0.717, 1.165) is 25.7 Å². The third kappa shape index (κ3) is 2.05. The van der Waals surface area contributed by atoms with Gasteiger partial charge in [0.15, 0.2) is 0 Å². The first-order valence-electron chi connectivity index (χ1n) is 6.36. The van der Waals surface area contributed by atoms with E-state index in [0.29, 0.717) is 11.8 Å². The molecule has 0 N–H and O–H groups in total. The van der Waals surface area contributed by atoms with Crippen molar-refractivity contribution in [3.05, 3.63) is 0 Å². The molecule has 2 aliphatic carbocycles. The maximum absolute atomic E-state index is 11.8. The molecule has 4 atom stereocenters. The molecule has 0 aromatic heterocycles. The standard InChI is InChI=1S/C13H20O4/c1-16-12(14)10-8-6-4-3-5-7-9(8)11(10)13(15)17-2/h8-11H,3-7H2,1-2H3/t8?,9?,10-,11+. The first-order chi connectivity index (χ1) is 8.20. The molecular formula is C13H20O4. The molecule has 0 spiro atoms. The molecule has 0 aliphatic heterocycles. The summed E-state index contributed by atoms with van der Waals surface area (Å²) < 4.78 is 9.64. The number of rotatable bonds is 2. The molecule has 0 heterocycles. The van der Waals surface area contributed by atoms with Gasteiger partial charge >= 0.3 is 11.9 Å². The Morgan fingerprint density at radius 1 is 0.824 bits per heavy atom. The zero-order valence-electron chi connectivity index (χ0n) is 10.5. The molecule has 0 amide bonds. The molecular weight excluding hydrogens is 220 g/mol. The van der Waals surface area contributed by atoms with Crippen molar-refractivity contribution in [2.45, 2.75) is 32.1 Å². The minimum absolute atomic E-state index is 0.247. The highest BCUT2D eigenvalue weighted by Gasteiger charge is 2.57. The monoisotopic (exact) mass is 240 g/mol. The molecule has 2 saturated carbocycles. The van der Waals surface area contributed by atoms with Crippen molar-refractivity contribution in [2.24, 2.45) is 23.7 Å². The molecule has 17 heavy (non-hydrogen) atoms. The second kappa shape index (κ2) is 5.07. The van der Waals surface area contributed by atoms with Crippen LogP contribution in [0.2, 0.25) is 0 Å². The summed E-state index contributed by atoms with van der Waals surface area (Å²) >= 11 is 0. The lowest BCUT2D eigenvalue weighted by atomic mass is 9.55. The van der Waals surface area contributed by atoms with Gasteiger partial charge in [0.2, 0.25) is 0 Å². The molecule has 4 heteroatoms. The van der Waals surface area contributed by atoms with Crippen molar-refractivity contribution < 1.29 is 19.1 Å². The van der Waals surface area contributed by atoms with Gasteiger partial charge in [-0.15, -0.1) is 0 Å². The molecule has 0 bridgehead atoms. The summed E-state index contributed by atoms with van der Waals surface area (Å²) in [5, 5.41) is 0. The van der Waals surface area contributed by atoms with Crippen LogP contribution in [0.5, 0.6) is 0 Å². The van der Waals surface area contributed by atoms with Gasteiger partial charge in [0.25, 0.3) is 0 Å². The summed E-state index contributed by atoms with van der Waals surface area (Å²) in [7, 11) is 2.78. The normalized spacial score (nSPS) is 36.1. The number of carbonyl (C=O) groups excluding carboxylic acids is 2. The van der Waals surface area contributed by atoms with E-state index in [2.05, 4.69) is 0 Å². The third-order valence-corrected chi connectivity index (χ3v) is 4.38. The zero-order chi connectivity index (χ0) is 12.4. The Labute approximate surface area is 102 Å². The Morgan fingerprint density at radius 2 is 1.24 bits per heavy atom. The van der Waals surface area contributed by atoms with Gasteiger partial charge in [-0.25, -0.2) is 0 Å². The molecule has 0 aromatic carbocycles. The number of methoxy groups -OCH3 is 2. The lowest BCUT2D eigenvalue weighted by Gasteiger charge is -2.48. The van der Waals surface area contributed by atoms with Gasteiger partial charge < -0.3 is 9.47 Å². The first kappa shape index (κ1) is 12.4. The number of carbonyl (C=O) groups is 2. The van der Waals surface area contributed by atoms with E-state index in [1.165, 1.54) is 20.6 Å². The molecule has 2 aliphatic rings. The van der Waals surface area contributed by atoms with E-state index < -0.39 is 0 Å². The Morgan fingerprint density at radius 3 is 1.59 bits per heavy atom. The predicted molar refractivity (Wildman–Crippen MR) is 61.1 cm³/mol. The lowest BCUT2D eigenvalue weighted by Crippen LogP contribution is -2.54. The lowest BCUT2D eigenvalue weighted by molar-refractivity contribution is -0.179. The highest BCUT2D eigenvalue weighted by Crippen LogP contribution is 2.53. The van der Waals surface area contributed by atoms with Crippen molar-refractivity contribution in [2.75, 3.05) is 14.2 Å². The number of hydrogen-bond donors (Lipinski definition) is 0. The van der Waals surface area contributed by atoms with Gasteiger partial charge in [0, 0.05) is 0 Å². The Kier molecular flexibility index (Phi) is 3.69. The molecule has 0 radical (unpaired) electrons. The fourth-order valence-corrected chi connectivity index (χ4v) is 3.56. The number of esters is 2. The Bertz CT molecular complexity index is 283. The van der Waals surface area contributed by atoms with Gasteiger partial charge in [0.05, 0.1) is 26.1 Å². The van der Waals surface area contributed by atoms with Crippen LogP contribution in [0.3, 0.4) is 0 Å².